The van der Waals surface area contributed by atoms with Gasteiger partial charge < -0.3 is 14.8 Å². The smallest absolute Gasteiger partial charge is 0.0634 e. The van der Waals surface area contributed by atoms with Crippen molar-refractivity contribution in [1.29, 1.82) is 0 Å². The molecule has 0 bridgehead atoms. The Labute approximate surface area is 98.3 Å². The molecule has 4 heteroatoms. The zero-order valence-electron chi connectivity index (χ0n) is 10.3. The number of hydrogen-bond acceptors (Lipinski definition) is 4. The molecule has 2 aliphatic rings. The number of rotatable bonds is 5. The van der Waals surface area contributed by atoms with Gasteiger partial charge in [-0.25, -0.2) is 0 Å². The molecule has 0 aromatic heterocycles. The molecule has 94 valence electrons. The van der Waals surface area contributed by atoms with Crippen molar-refractivity contribution >= 4 is 0 Å². The van der Waals surface area contributed by atoms with Crippen molar-refractivity contribution in [3.8, 4) is 0 Å². The van der Waals surface area contributed by atoms with E-state index in [9.17, 15) is 0 Å². The summed E-state index contributed by atoms with van der Waals surface area (Å²) in [6.07, 6.45) is 1.23. The third-order valence-corrected chi connectivity index (χ3v) is 3.50. The standard InChI is InChI=1S/C12H24N2O2/c1-2-13-7-12-10-16-6-4-14(12)8-11-3-5-15-9-11/h11-13H,2-10H2,1H3. The first-order valence-corrected chi connectivity index (χ1v) is 6.50. The molecule has 2 atom stereocenters. The second-order valence-corrected chi connectivity index (χ2v) is 4.76. The summed E-state index contributed by atoms with van der Waals surface area (Å²) in [7, 11) is 0. The fourth-order valence-electron chi connectivity index (χ4n) is 2.49. The maximum Gasteiger partial charge on any atom is 0.0634 e. The van der Waals surface area contributed by atoms with Gasteiger partial charge in [-0.05, 0) is 18.9 Å². The summed E-state index contributed by atoms with van der Waals surface area (Å²) in [6, 6.07) is 0.550. The number of likely N-dealkylation sites (N-methyl/N-ethyl adjacent to an activating group) is 1. The fraction of sp³-hybridized carbons (Fsp3) is 1.00. The topological polar surface area (TPSA) is 33.7 Å². The number of nitrogens with zero attached hydrogens (tertiary/aromatic N) is 1. The summed E-state index contributed by atoms with van der Waals surface area (Å²) < 4.78 is 11.0. The van der Waals surface area contributed by atoms with Gasteiger partial charge in [0.05, 0.1) is 19.8 Å². The summed E-state index contributed by atoms with van der Waals surface area (Å²) >= 11 is 0. The minimum Gasteiger partial charge on any atom is -0.381 e. The Kier molecular flexibility index (Phi) is 5.03. The fourth-order valence-corrected chi connectivity index (χ4v) is 2.49. The van der Waals surface area contributed by atoms with Crippen LogP contribution in [0.1, 0.15) is 13.3 Å². The lowest BCUT2D eigenvalue weighted by molar-refractivity contribution is -0.0139. The van der Waals surface area contributed by atoms with E-state index in [0.717, 1.165) is 52.0 Å². The highest BCUT2D eigenvalue weighted by Gasteiger charge is 2.26. The zero-order valence-corrected chi connectivity index (χ0v) is 10.3. The minimum absolute atomic E-state index is 0.550. The molecule has 2 heterocycles. The molecule has 0 spiro atoms. The summed E-state index contributed by atoms with van der Waals surface area (Å²) in [6.45, 7) is 10.2. The van der Waals surface area contributed by atoms with Gasteiger partial charge in [0.25, 0.3) is 0 Å². The van der Waals surface area contributed by atoms with Gasteiger partial charge in [0.15, 0.2) is 0 Å². The second kappa shape index (κ2) is 6.55. The van der Waals surface area contributed by atoms with Crippen LogP contribution in [0.15, 0.2) is 0 Å². The molecule has 0 aromatic carbocycles. The zero-order chi connectivity index (χ0) is 11.2. The molecule has 2 saturated heterocycles. The Morgan fingerprint density at radius 3 is 2.88 bits per heavy atom. The van der Waals surface area contributed by atoms with Crippen molar-refractivity contribution in [2.45, 2.75) is 19.4 Å². The van der Waals surface area contributed by atoms with E-state index < -0.39 is 0 Å². The third kappa shape index (κ3) is 3.42. The molecule has 2 rings (SSSR count). The van der Waals surface area contributed by atoms with E-state index in [2.05, 4.69) is 17.1 Å². The molecule has 2 aliphatic heterocycles. The van der Waals surface area contributed by atoms with Gasteiger partial charge >= 0.3 is 0 Å². The van der Waals surface area contributed by atoms with Gasteiger partial charge in [-0.15, -0.1) is 0 Å². The second-order valence-electron chi connectivity index (χ2n) is 4.76. The van der Waals surface area contributed by atoms with Crippen molar-refractivity contribution in [3.05, 3.63) is 0 Å². The molecule has 1 N–H and O–H groups in total. The number of ether oxygens (including phenoxy) is 2. The quantitative estimate of drug-likeness (QED) is 0.735. The van der Waals surface area contributed by atoms with Crippen molar-refractivity contribution in [1.82, 2.24) is 10.2 Å². The summed E-state index contributed by atoms with van der Waals surface area (Å²) in [5.41, 5.74) is 0. The van der Waals surface area contributed by atoms with Gasteiger partial charge in [-0.3, -0.25) is 4.90 Å². The first-order chi connectivity index (χ1) is 7.90. The molecule has 0 saturated carbocycles. The van der Waals surface area contributed by atoms with Crippen LogP contribution < -0.4 is 5.32 Å². The van der Waals surface area contributed by atoms with Crippen molar-refractivity contribution in [2.24, 2.45) is 5.92 Å². The predicted molar refractivity (Wildman–Crippen MR) is 63.6 cm³/mol. The molecule has 0 aliphatic carbocycles. The van der Waals surface area contributed by atoms with Crippen LogP contribution in [-0.4, -0.2) is 63.5 Å². The normalized spacial score (nSPS) is 32.1. The lowest BCUT2D eigenvalue weighted by atomic mass is 10.1. The van der Waals surface area contributed by atoms with Gasteiger partial charge in [0, 0.05) is 32.3 Å². The predicted octanol–water partition coefficient (Wildman–Crippen LogP) is 0.333. The van der Waals surface area contributed by atoms with E-state index in [1.54, 1.807) is 0 Å². The van der Waals surface area contributed by atoms with E-state index in [-0.39, 0.29) is 0 Å². The van der Waals surface area contributed by atoms with Crippen molar-refractivity contribution < 1.29 is 9.47 Å². The minimum atomic E-state index is 0.550. The van der Waals surface area contributed by atoms with E-state index in [1.807, 2.05) is 0 Å². The molecular formula is C12H24N2O2. The molecular weight excluding hydrogens is 204 g/mol. The highest BCUT2D eigenvalue weighted by molar-refractivity contribution is 4.80. The van der Waals surface area contributed by atoms with E-state index in [4.69, 9.17) is 9.47 Å². The van der Waals surface area contributed by atoms with E-state index >= 15 is 0 Å². The van der Waals surface area contributed by atoms with Crippen LogP contribution in [-0.2, 0) is 9.47 Å². The summed E-state index contributed by atoms with van der Waals surface area (Å²) in [5.74, 6) is 0.738. The highest BCUT2D eigenvalue weighted by Crippen LogP contribution is 2.16. The monoisotopic (exact) mass is 228 g/mol. The maximum atomic E-state index is 5.56. The molecule has 4 nitrogen and oxygen atoms in total. The molecule has 16 heavy (non-hydrogen) atoms. The van der Waals surface area contributed by atoms with E-state index in [0.29, 0.717) is 6.04 Å². The maximum absolute atomic E-state index is 5.56. The van der Waals surface area contributed by atoms with Crippen LogP contribution in [0, 0.1) is 5.92 Å². The Bertz CT molecular complexity index is 195. The Balaban J connectivity index is 1.78. The molecule has 0 amide bonds. The van der Waals surface area contributed by atoms with Crippen LogP contribution in [0.25, 0.3) is 0 Å². The lowest BCUT2D eigenvalue weighted by Gasteiger charge is -2.37. The van der Waals surface area contributed by atoms with Crippen LogP contribution in [0.4, 0.5) is 0 Å². The first-order valence-electron chi connectivity index (χ1n) is 6.50. The van der Waals surface area contributed by atoms with Gasteiger partial charge in [-0.2, -0.15) is 0 Å². The molecule has 2 fully saturated rings. The van der Waals surface area contributed by atoms with Crippen LogP contribution in [0.3, 0.4) is 0 Å². The van der Waals surface area contributed by atoms with Gasteiger partial charge in [0.1, 0.15) is 0 Å². The average molecular weight is 228 g/mol. The average Bonchev–Trinajstić information content (AvgIpc) is 2.81. The van der Waals surface area contributed by atoms with Crippen LogP contribution in [0.5, 0.6) is 0 Å². The SMILES string of the molecule is CCNCC1COCCN1CC1CCOC1. The molecule has 2 unspecified atom stereocenters. The van der Waals surface area contributed by atoms with Gasteiger partial charge in [0.2, 0.25) is 0 Å². The Morgan fingerprint density at radius 1 is 1.25 bits per heavy atom. The Morgan fingerprint density at radius 2 is 2.12 bits per heavy atom. The Hall–Kier alpha value is -0.160. The van der Waals surface area contributed by atoms with Crippen molar-refractivity contribution in [2.75, 3.05) is 52.6 Å². The molecule has 0 aromatic rings. The molecule has 0 radical (unpaired) electrons. The van der Waals surface area contributed by atoms with Gasteiger partial charge in [-0.1, -0.05) is 6.92 Å². The largest absolute Gasteiger partial charge is 0.381 e. The summed E-state index contributed by atoms with van der Waals surface area (Å²) in [4.78, 5) is 2.57. The highest BCUT2D eigenvalue weighted by atomic mass is 16.5. The number of hydrogen-bond donors (Lipinski definition) is 1. The number of morpholine rings is 1. The number of nitrogens with one attached hydrogen (secondary N) is 1. The van der Waals surface area contributed by atoms with Crippen molar-refractivity contribution in [3.63, 3.8) is 0 Å². The lowest BCUT2D eigenvalue weighted by Crippen LogP contribution is -2.51. The van der Waals surface area contributed by atoms with Crippen LogP contribution in [0.2, 0.25) is 0 Å². The summed E-state index contributed by atoms with van der Waals surface area (Å²) in [5, 5.41) is 3.42. The third-order valence-electron chi connectivity index (χ3n) is 3.50. The first kappa shape index (κ1) is 12.3. The van der Waals surface area contributed by atoms with E-state index in [1.165, 1.54) is 13.0 Å². The van der Waals surface area contributed by atoms with Crippen LogP contribution >= 0.6 is 0 Å².